The molecule has 4 nitrogen and oxygen atoms in total. The Morgan fingerprint density at radius 3 is 2.29 bits per heavy atom. The minimum atomic E-state index is -0.146. The number of carbonyl (C=O) groups excluding carboxylic acids is 1. The molecular weight excluding hydrogens is 346 g/mol. The summed E-state index contributed by atoms with van der Waals surface area (Å²) in [7, 11) is 2.06. The summed E-state index contributed by atoms with van der Waals surface area (Å²) >= 11 is 0. The highest BCUT2D eigenvalue weighted by Gasteiger charge is 2.38. The van der Waals surface area contributed by atoms with Gasteiger partial charge in [0.1, 0.15) is 0 Å². The Balaban J connectivity index is 1.40. The predicted octanol–water partition coefficient (Wildman–Crippen LogP) is 3.69. The minimum absolute atomic E-state index is 0.146. The van der Waals surface area contributed by atoms with E-state index in [1.165, 1.54) is 16.9 Å². The van der Waals surface area contributed by atoms with E-state index in [9.17, 15) is 4.79 Å². The molecule has 0 unspecified atom stereocenters. The van der Waals surface area contributed by atoms with Gasteiger partial charge in [-0.25, -0.2) is 0 Å². The van der Waals surface area contributed by atoms with E-state index in [-0.39, 0.29) is 11.2 Å². The molecular formula is C24H29N3O. The number of fused-ring (bicyclic) bond motifs is 1. The van der Waals surface area contributed by atoms with Gasteiger partial charge in [-0.15, -0.1) is 0 Å². The van der Waals surface area contributed by atoms with E-state index in [1.54, 1.807) is 0 Å². The third kappa shape index (κ3) is 3.45. The van der Waals surface area contributed by atoms with Crippen molar-refractivity contribution in [3.05, 3.63) is 71.9 Å². The average Bonchev–Trinajstić information content (AvgIpc) is 2.90. The zero-order valence-corrected chi connectivity index (χ0v) is 17.1. The van der Waals surface area contributed by atoms with Crippen LogP contribution in [0.2, 0.25) is 0 Å². The van der Waals surface area contributed by atoms with Gasteiger partial charge in [0.25, 0.3) is 0 Å². The molecule has 146 valence electrons. The number of carbonyl (C=O) groups is 1. The van der Waals surface area contributed by atoms with E-state index >= 15 is 0 Å². The molecule has 0 N–H and O–H groups in total. The van der Waals surface area contributed by atoms with Gasteiger partial charge >= 0.3 is 0 Å². The lowest BCUT2D eigenvalue weighted by atomic mass is 9.83. The fourth-order valence-corrected chi connectivity index (χ4v) is 4.48. The Morgan fingerprint density at radius 1 is 0.964 bits per heavy atom. The first-order valence-corrected chi connectivity index (χ1v) is 10.1. The van der Waals surface area contributed by atoms with Crippen LogP contribution in [0.4, 0.5) is 11.4 Å². The first kappa shape index (κ1) is 18.8. The molecule has 0 radical (unpaired) electrons. The maximum atomic E-state index is 12.8. The second-order valence-electron chi connectivity index (χ2n) is 8.30. The van der Waals surface area contributed by atoms with Gasteiger partial charge in [0.15, 0.2) is 5.78 Å². The Labute approximate surface area is 168 Å². The SMILES string of the molecule is CN1/C(=C\C(=O)CN2CCN(c3ccccc3)CC2)C(C)(C)c2ccccc21. The maximum Gasteiger partial charge on any atom is 0.171 e. The lowest BCUT2D eigenvalue weighted by Gasteiger charge is -2.35. The number of hydrogen-bond acceptors (Lipinski definition) is 4. The van der Waals surface area contributed by atoms with Crippen molar-refractivity contribution in [2.45, 2.75) is 19.3 Å². The van der Waals surface area contributed by atoms with Gasteiger partial charge in [-0.3, -0.25) is 9.69 Å². The molecule has 0 aromatic heterocycles. The summed E-state index contributed by atoms with van der Waals surface area (Å²) in [4.78, 5) is 19.7. The summed E-state index contributed by atoms with van der Waals surface area (Å²) in [6.07, 6.45) is 1.86. The van der Waals surface area contributed by atoms with Crippen LogP contribution in [0.25, 0.3) is 0 Å². The molecule has 0 spiro atoms. The van der Waals surface area contributed by atoms with Gasteiger partial charge in [0.05, 0.1) is 6.54 Å². The van der Waals surface area contributed by atoms with Gasteiger partial charge in [-0.05, 0) is 23.8 Å². The molecule has 2 heterocycles. The van der Waals surface area contributed by atoms with Gasteiger partial charge in [-0.1, -0.05) is 50.2 Å². The Kier molecular flexibility index (Phi) is 4.98. The quantitative estimate of drug-likeness (QED) is 0.762. The van der Waals surface area contributed by atoms with Crippen LogP contribution < -0.4 is 9.80 Å². The molecule has 0 atom stereocenters. The number of ketones is 1. The first-order chi connectivity index (χ1) is 13.5. The Bertz CT molecular complexity index is 880. The number of piperazine rings is 1. The van der Waals surface area contributed by atoms with Crippen molar-refractivity contribution >= 4 is 17.2 Å². The van der Waals surface area contributed by atoms with E-state index in [0.29, 0.717) is 6.54 Å². The molecule has 0 saturated carbocycles. The Morgan fingerprint density at radius 2 is 1.61 bits per heavy atom. The van der Waals surface area contributed by atoms with E-state index in [0.717, 1.165) is 31.9 Å². The lowest BCUT2D eigenvalue weighted by molar-refractivity contribution is -0.115. The molecule has 2 aliphatic rings. The number of anilines is 2. The van der Waals surface area contributed by atoms with Crippen LogP contribution >= 0.6 is 0 Å². The summed E-state index contributed by atoms with van der Waals surface area (Å²) in [5.41, 5.74) is 4.69. The largest absolute Gasteiger partial charge is 0.369 e. The number of allylic oxidation sites excluding steroid dienone is 1. The first-order valence-electron chi connectivity index (χ1n) is 10.1. The molecule has 4 rings (SSSR count). The lowest BCUT2D eigenvalue weighted by Crippen LogP contribution is -2.47. The second-order valence-corrected chi connectivity index (χ2v) is 8.30. The third-order valence-electron chi connectivity index (χ3n) is 6.11. The topological polar surface area (TPSA) is 26.8 Å². The maximum absolute atomic E-state index is 12.8. The average molecular weight is 376 g/mol. The number of hydrogen-bond donors (Lipinski definition) is 0. The van der Waals surface area contributed by atoms with Crippen molar-refractivity contribution < 1.29 is 4.79 Å². The fraction of sp³-hybridized carbons (Fsp3) is 0.375. The van der Waals surface area contributed by atoms with Crippen LogP contribution in [-0.2, 0) is 10.2 Å². The number of nitrogens with zero attached hydrogens (tertiary/aromatic N) is 3. The molecule has 0 amide bonds. The van der Waals surface area contributed by atoms with Crippen LogP contribution in [0, 0.1) is 0 Å². The summed E-state index contributed by atoms with van der Waals surface area (Å²) < 4.78 is 0. The molecule has 0 bridgehead atoms. The molecule has 28 heavy (non-hydrogen) atoms. The molecule has 0 aliphatic carbocycles. The standard InChI is InChI=1S/C24H29N3O/c1-24(2)21-11-7-8-12-22(21)25(3)23(24)17-20(28)18-26-13-15-27(16-14-26)19-9-5-4-6-10-19/h4-12,17H,13-16,18H2,1-3H3/b23-17-. The van der Waals surface area contributed by atoms with Crippen molar-refractivity contribution in [3.8, 4) is 0 Å². The van der Waals surface area contributed by atoms with Crippen LogP contribution in [0.15, 0.2) is 66.4 Å². The summed E-state index contributed by atoms with van der Waals surface area (Å²) in [5.74, 6) is 0.191. The highest BCUT2D eigenvalue weighted by atomic mass is 16.1. The van der Waals surface area contributed by atoms with Gasteiger partial charge in [0.2, 0.25) is 0 Å². The van der Waals surface area contributed by atoms with E-state index in [1.807, 2.05) is 12.1 Å². The number of para-hydroxylation sites is 2. The molecule has 2 aromatic carbocycles. The van der Waals surface area contributed by atoms with Crippen LogP contribution in [0.5, 0.6) is 0 Å². The van der Waals surface area contributed by atoms with E-state index in [2.05, 4.69) is 84.1 Å². The van der Waals surface area contributed by atoms with Crippen molar-refractivity contribution in [2.75, 3.05) is 49.6 Å². The van der Waals surface area contributed by atoms with Crippen LogP contribution in [-0.4, -0.2) is 50.5 Å². The van der Waals surface area contributed by atoms with Crippen molar-refractivity contribution in [1.82, 2.24) is 4.90 Å². The fourth-order valence-electron chi connectivity index (χ4n) is 4.48. The zero-order chi connectivity index (χ0) is 19.7. The summed E-state index contributed by atoms with van der Waals surface area (Å²) in [6.45, 7) is 8.66. The summed E-state index contributed by atoms with van der Waals surface area (Å²) in [6, 6.07) is 18.9. The molecule has 1 saturated heterocycles. The smallest absolute Gasteiger partial charge is 0.171 e. The monoisotopic (exact) mass is 375 g/mol. The van der Waals surface area contributed by atoms with Crippen LogP contribution in [0.3, 0.4) is 0 Å². The minimum Gasteiger partial charge on any atom is -0.369 e. The second kappa shape index (κ2) is 7.44. The zero-order valence-electron chi connectivity index (χ0n) is 17.1. The molecule has 1 fully saturated rings. The van der Waals surface area contributed by atoms with Crippen molar-refractivity contribution in [3.63, 3.8) is 0 Å². The molecule has 4 heteroatoms. The van der Waals surface area contributed by atoms with E-state index < -0.39 is 0 Å². The number of likely N-dealkylation sites (N-methyl/N-ethyl adjacent to an activating group) is 1. The normalized spacial score (nSPS) is 20.5. The third-order valence-corrected chi connectivity index (χ3v) is 6.11. The molecule has 2 aliphatic heterocycles. The van der Waals surface area contributed by atoms with Crippen molar-refractivity contribution in [1.29, 1.82) is 0 Å². The number of rotatable bonds is 4. The van der Waals surface area contributed by atoms with Gasteiger partial charge in [-0.2, -0.15) is 0 Å². The highest BCUT2D eigenvalue weighted by Crippen LogP contribution is 2.46. The Hall–Kier alpha value is -2.59. The molecule has 2 aromatic rings. The predicted molar refractivity (Wildman–Crippen MR) is 116 cm³/mol. The highest BCUT2D eigenvalue weighted by molar-refractivity contribution is 5.94. The number of benzene rings is 2. The van der Waals surface area contributed by atoms with Crippen molar-refractivity contribution in [2.24, 2.45) is 0 Å². The summed E-state index contributed by atoms with van der Waals surface area (Å²) in [5, 5.41) is 0. The van der Waals surface area contributed by atoms with Crippen LogP contribution in [0.1, 0.15) is 19.4 Å². The van der Waals surface area contributed by atoms with Gasteiger partial charge < -0.3 is 9.80 Å². The van der Waals surface area contributed by atoms with E-state index in [4.69, 9.17) is 0 Å². The van der Waals surface area contributed by atoms with Gasteiger partial charge in [0, 0.05) is 61.8 Å².